The average molecular weight is 374 g/mol. The highest BCUT2D eigenvalue weighted by Crippen LogP contribution is 2.36. The molecule has 3 aliphatic rings. The van der Waals surface area contributed by atoms with Crippen LogP contribution in [-0.4, -0.2) is 60.1 Å². The lowest BCUT2D eigenvalue weighted by Crippen LogP contribution is -2.41. The highest BCUT2D eigenvalue weighted by Gasteiger charge is 2.43. The number of likely N-dealkylation sites (tertiary alicyclic amines) is 1. The largest absolute Gasteiger partial charge is 0.486 e. The number of rotatable bonds is 3. The van der Waals surface area contributed by atoms with Crippen molar-refractivity contribution < 1.29 is 29.0 Å². The first kappa shape index (κ1) is 17.6. The van der Waals surface area contributed by atoms with Crippen LogP contribution in [-0.2, 0) is 14.4 Å². The van der Waals surface area contributed by atoms with E-state index in [1.807, 2.05) is 0 Å². The maximum absolute atomic E-state index is 12.9. The number of carboxylic acid groups (broad SMARTS) is 1. The molecule has 4 rings (SSSR count). The van der Waals surface area contributed by atoms with Gasteiger partial charge in [0.15, 0.2) is 11.5 Å². The van der Waals surface area contributed by atoms with Crippen LogP contribution in [0.3, 0.4) is 0 Å². The van der Waals surface area contributed by atoms with Gasteiger partial charge in [0.05, 0.1) is 11.8 Å². The molecule has 2 amide bonds. The van der Waals surface area contributed by atoms with Gasteiger partial charge in [-0.2, -0.15) is 0 Å². The zero-order valence-electron chi connectivity index (χ0n) is 15.1. The average Bonchev–Trinajstić information content (AvgIpc) is 3.24. The molecule has 0 spiro atoms. The van der Waals surface area contributed by atoms with E-state index in [-0.39, 0.29) is 30.8 Å². The number of anilines is 1. The molecular formula is C19H22N2O6. The lowest BCUT2D eigenvalue weighted by molar-refractivity contribution is -0.143. The second-order valence-corrected chi connectivity index (χ2v) is 7.24. The third-order valence-electron chi connectivity index (χ3n) is 5.67. The fraction of sp³-hybridized carbons (Fsp3) is 0.526. The summed E-state index contributed by atoms with van der Waals surface area (Å²) in [4.78, 5) is 39.9. The van der Waals surface area contributed by atoms with Gasteiger partial charge in [-0.15, -0.1) is 0 Å². The van der Waals surface area contributed by atoms with Crippen LogP contribution in [0.25, 0.3) is 0 Å². The Morgan fingerprint density at radius 2 is 1.93 bits per heavy atom. The van der Waals surface area contributed by atoms with E-state index in [1.54, 1.807) is 34.9 Å². The van der Waals surface area contributed by atoms with Crippen molar-refractivity contribution in [1.82, 2.24) is 4.90 Å². The van der Waals surface area contributed by atoms with Gasteiger partial charge in [-0.05, 0) is 25.5 Å². The van der Waals surface area contributed by atoms with Crippen LogP contribution in [0, 0.1) is 11.8 Å². The molecule has 8 heteroatoms. The van der Waals surface area contributed by atoms with E-state index in [0.717, 1.165) is 0 Å². The SMILES string of the molecule is CC1C(C(=O)O)CCN1C(=O)C1CC(=O)N(c2ccc3c(c2)OCCO3)C1. The predicted molar refractivity (Wildman–Crippen MR) is 94.8 cm³/mol. The number of ether oxygens (including phenoxy) is 2. The first-order valence-corrected chi connectivity index (χ1v) is 9.19. The summed E-state index contributed by atoms with van der Waals surface area (Å²) in [6.07, 6.45) is 0.586. The van der Waals surface area contributed by atoms with E-state index in [4.69, 9.17) is 9.47 Å². The summed E-state index contributed by atoms with van der Waals surface area (Å²) in [7, 11) is 0. The lowest BCUT2D eigenvalue weighted by atomic mass is 10.0. The third-order valence-corrected chi connectivity index (χ3v) is 5.67. The molecule has 0 bridgehead atoms. The van der Waals surface area contributed by atoms with Crippen molar-refractivity contribution >= 4 is 23.5 Å². The van der Waals surface area contributed by atoms with Crippen LogP contribution in [0.1, 0.15) is 19.8 Å². The van der Waals surface area contributed by atoms with Crippen LogP contribution in [0.4, 0.5) is 5.69 Å². The van der Waals surface area contributed by atoms with Crippen molar-refractivity contribution in [3.05, 3.63) is 18.2 Å². The van der Waals surface area contributed by atoms with E-state index >= 15 is 0 Å². The molecule has 1 N–H and O–H groups in total. The fourth-order valence-electron chi connectivity index (χ4n) is 4.14. The first-order chi connectivity index (χ1) is 13.0. The van der Waals surface area contributed by atoms with E-state index in [9.17, 15) is 19.5 Å². The smallest absolute Gasteiger partial charge is 0.308 e. The molecule has 0 aromatic heterocycles. The van der Waals surface area contributed by atoms with Crippen molar-refractivity contribution in [1.29, 1.82) is 0 Å². The van der Waals surface area contributed by atoms with Gasteiger partial charge in [-0.3, -0.25) is 14.4 Å². The molecule has 3 atom stereocenters. The van der Waals surface area contributed by atoms with E-state index in [2.05, 4.69) is 0 Å². The zero-order chi connectivity index (χ0) is 19.1. The van der Waals surface area contributed by atoms with Crippen LogP contribution < -0.4 is 14.4 Å². The molecule has 1 aromatic carbocycles. The fourth-order valence-corrected chi connectivity index (χ4v) is 4.14. The molecule has 8 nitrogen and oxygen atoms in total. The minimum atomic E-state index is -0.877. The minimum absolute atomic E-state index is 0.119. The zero-order valence-corrected chi connectivity index (χ0v) is 15.1. The number of nitrogens with zero attached hydrogens (tertiary/aromatic N) is 2. The van der Waals surface area contributed by atoms with Crippen molar-refractivity contribution in [2.75, 3.05) is 31.2 Å². The molecule has 1 aromatic rings. The van der Waals surface area contributed by atoms with Crippen LogP contribution >= 0.6 is 0 Å². The Kier molecular flexibility index (Phi) is 4.41. The van der Waals surface area contributed by atoms with Crippen LogP contribution in [0.15, 0.2) is 18.2 Å². The summed E-state index contributed by atoms with van der Waals surface area (Å²) in [5, 5.41) is 9.26. The predicted octanol–water partition coefficient (Wildman–Crippen LogP) is 1.13. The molecule has 0 aliphatic carbocycles. The maximum Gasteiger partial charge on any atom is 0.308 e. The standard InChI is InChI=1S/C19H22N2O6/c1-11-14(19(24)25)4-5-20(11)18(23)12-8-17(22)21(10-12)13-2-3-15-16(9-13)27-7-6-26-15/h2-3,9,11-12,14H,4-8,10H2,1H3,(H,24,25). The number of amides is 2. The molecule has 0 saturated carbocycles. The first-order valence-electron chi connectivity index (χ1n) is 9.19. The summed E-state index contributed by atoms with van der Waals surface area (Å²) in [5.74, 6) is -0.890. The van der Waals surface area contributed by atoms with Gasteiger partial charge in [0.25, 0.3) is 0 Å². The molecule has 27 heavy (non-hydrogen) atoms. The summed E-state index contributed by atoms with van der Waals surface area (Å²) >= 11 is 0. The van der Waals surface area contributed by atoms with E-state index < -0.39 is 17.8 Å². The highest BCUT2D eigenvalue weighted by atomic mass is 16.6. The van der Waals surface area contributed by atoms with Gasteiger partial charge in [0.1, 0.15) is 13.2 Å². The molecule has 3 heterocycles. The Labute approximate surface area is 156 Å². The number of carboxylic acids is 1. The number of hydrogen-bond acceptors (Lipinski definition) is 5. The Balaban J connectivity index is 1.48. The highest BCUT2D eigenvalue weighted by molar-refractivity contribution is 6.00. The van der Waals surface area contributed by atoms with E-state index in [0.29, 0.717) is 43.4 Å². The number of carbonyl (C=O) groups is 3. The van der Waals surface area contributed by atoms with Gasteiger partial charge in [0.2, 0.25) is 11.8 Å². The Bertz CT molecular complexity index is 794. The third kappa shape index (κ3) is 3.09. The quantitative estimate of drug-likeness (QED) is 0.852. The molecule has 3 unspecified atom stereocenters. The van der Waals surface area contributed by atoms with Crippen LogP contribution in [0.2, 0.25) is 0 Å². The maximum atomic E-state index is 12.9. The van der Waals surface area contributed by atoms with Crippen molar-refractivity contribution in [2.24, 2.45) is 11.8 Å². The molecule has 3 aliphatic heterocycles. The number of carbonyl (C=O) groups excluding carboxylic acids is 2. The summed E-state index contributed by atoms with van der Waals surface area (Å²) in [6, 6.07) is 4.97. The number of benzene rings is 1. The van der Waals surface area contributed by atoms with Crippen molar-refractivity contribution in [3.63, 3.8) is 0 Å². The lowest BCUT2D eigenvalue weighted by Gasteiger charge is -2.26. The van der Waals surface area contributed by atoms with Crippen LogP contribution in [0.5, 0.6) is 11.5 Å². The van der Waals surface area contributed by atoms with Gasteiger partial charge in [-0.25, -0.2) is 0 Å². The molecule has 144 valence electrons. The summed E-state index contributed by atoms with van der Waals surface area (Å²) < 4.78 is 11.1. The number of fused-ring (bicyclic) bond motifs is 1. The monoisotopic (exact) mass is 374 g/mol. The Hall–Kier alpha value is -2.77. The summed E-state index contributed by atoms with van der Waals surface area (Å²) in [6.45, 7) is 3.43. The van der Waals surface area contributed by atoms with Gasteiger partial charge >= 0.3 is 5.97 Å². The number of hydrogen-bond donors (Lipinski definition) is 1. The number of aliphatic carboxylic acids is 1. The second kappa shape index (κ2) is 6.75. The molecular weight excluding hydrogens is 352 g/mol. The second-order valence-electron chi connectivity index (χ2n) is 7.24. The van der Waals surface area contributed by atoms with Gasteiger partial charge < -0.3 is 24.4 Å². The molecule has 2 fully saturated rings. The van der Waals surface area contributed by atoms with Crippen molar-refractivity contribution in [2.45, 2.75) is 25.8 Å². The minimum Gasteiger partial charge on any atom is -0.486 e. The topological polar surface area (TPSA) is 96.4 Å². The van der Waals surface area contributed by atoms with Gasteiger partial charge in [-0.1, -0.05) is 0 Å². The summed E-state index contributed by atoms with van der Waals surface area (Å²) in [5.41, 5.74) is 0.678. The molecule has 2 saturated heterocycles. The van der Waals surface area contributed by atoms with Gasteiger partial charge in [0, 0.05) is 37.3 Å². The Morgan fingerprint density at radius 1 is 1.19 bits per heavy atom. The molecule has 0 radical (unpaired) electrons. The van der Waals surface area contributed by atoms with E-state index in [1.165, 1.54) is 0 Å². The van der Waals surface area contributed by atoms with Crippen molar-refractivity contribution in [3.8, 4) is 11.5 Å². The normalized spacial score (nSPS) is 27.1. The Morgan fingerprint density at radius 3 is 2.63 bits per heavy atom.